The van der Waals surface area contributed by atoms with Crippen molar-refractivity contribution in [1.82, 2.24) is 29.6 Å². The summed E-state index contributed by atoms with van der Waals surface area (Å²) in [4.78, 5) is 47.1. The minimum absolute atomic E-state index is 0.0367. The SMILES string of the molecule is CN(C)C(=O)Nc1ccc(CNC(=O)c2nc(Cl)c3n2CCN(Cc2ccc(C(=O)N(C)C)cc2)C32COC2)cc1. The van der Waals surface area contributed by atoms with E-state index in [1.807, 2.05) is 41.0 Å². The maximum Gasteiger partial charge on any atom is 0.321 e. The Morgan fingerprint density at radius 2 is 1.61 bits per heavy atom. The Labute approximate surface area is 244 Å². The van der Waals surface area contributed by atoms with Gasteiger partial charge in [0.05, 0.1) is 18.9 Å². The standard InChI is InChI=1S/C29H34ClN7O4/c1-34(2)27(39)21-9-5-20(6-10-21)16-36-13-14-37-23(29(36)17-41-18-29)24(30)33-25(37)26(38)31-15-19-7-11-22(12-8-19)32-28(40)35(3)4/h5-12H,13-18H2,1-4H3,(H,31,38)(H,32,40). The lowest BCUT2D eigenvalue weighted by molar-refractivity contribution is -0.162. The van der Waals surface area contributed by atoms with Gasteiger partial charge in [-0.2, -0.15) is 0 Å². The maximum absolute atomic E-state index is 13.2. The normalized spacial score (nSPS) is 15.5. The number of rotatable bonds is 7. The Hall–Kier alpha value is -3.93. The fourth-order valence-corrected chi connectivity index (χ4v) is 5.48. The third kappa shape index (κ3) is 5.65. The molecule has 12 heteroatoms. The van der Waals surface area contributed by atoms with Crippen molar-refractivity contribution < 1.29 is 19.1 Å². The average Bonchev–Trinajstić information content (AvgIpc) is 3.28. The number of ether oxygens (including phenoxy) is 1. The molecule has 0 radical (unpaired) electrons. The van der Waals surface area contributed by atoms with Crippen LogP contribution in [0.2, 0.25) is 5.15 Å². The topological polar surface area (TPSA) is 112 Å². The van der Waals surface area contributed by atoms with Gasteiger partial charge in [-0.1, -0.05) is 35.9 Å². The van der Waals surface area contributed by atoms with Gasteiger partial charge in [0.25, 0.3) is 11.8 Å². The smallest absolute Gasteiger partial charge is 0.321 e. The first-order chi connectivity index (χ1) is 19.6. The summed E-state index contributed by atoms with van der Waals surface area (Å²) in [7, 11) is 6.81. The van der Waals surface area contributed by atoms with Crippen molar-refractivity contribution in [3.8, 4) is 0 Å². The van der Waals surface area contributed by atoms with Crippen LogP contribution in [0.4, 0.5) is 10.5 Å². The fraction of sp³-hybridized carbons (Fsp3) is 0.379. The van der Waals surface area contributed by atoms with Crippen LogP contribution in [-0.4, -0.2) is 90.0 Å². The van der Waals surface area contributed by atoms with Crippen LogP contribution in [0.15, 0.2) is 48.5 Å². The molecule has 2 aliphatic rings. The molecule has 1 fully saturated rings. The molecule has 11 nitrogen and oxygen atoms in total. The highest BCUT2D eigenvalue weighted by atomic mass is 35.5. The van der Waals surface area contributed by atoms with Gasteiger partial charge >= 0.3 is 6.03 Å². The van der Waals surface area contributed by atoms with Crippen LogP contribution in [0.1, 0.15) is 37.8 Å². The van der Waals surface area contributed by atoms with Crippen LogP contribution in [0.25, 0.3) is 0 Å². The molecule has 1 spiro atoms. The molecule has 216 valence electrons. The Balaban J connectivity index is 1.28. The van der Waals surface area contributed by atoms with Gasteiger partial charge in [0.2, 0.25) is 5.82 Å². The van der Waals surface area contributed by atoms with Crippen molar-refractivity contribution in [1.29, 1.82) is 0 Å². The lowest BCUT2D eigenvalue weighted by Gasteiger charge is -2.52. The summed E-state index contributed by atoms with van der Waals surface area (Å²) in [5.74, 6) is -0.0733. The molecule has 3 heterocycles. The molecule has 0 atom stereocenters. The van der Waals surface area contributed by atoms with Gasteiger partial charge in [-0.05, 0) is 35.4 Å². The number of anilines is 1. The second-order valence-corrected chi connectivity index (χ2v) is 11.1. The van der Waals surface area contributed by atoms with Crippen molar-refractivity contribution in [3.05, 3.63) is 81.9 Å². The van der Waals surface area contributed by atoms with Gasteiger partial charge in [0.1, 0.15) is 5.54 Å². The molecule has 41 heavy (non-hydrogen) atoms. The Kier molecular flexibility index (Phi) is 8.03. The van der Waals surface area contributed by atoms with Crippen LogP contribution in [-0.2, 0) is 29.9 Å². The predicted molar refractivity (Wildman–Crippen MR) is 155 cm³/mol. The minimum atomic E-state index is -0.480. The van der Waals surface area contributed by atoms with Gasteiger partial charge in [-0.25, -0.2) is 9.78 Å². The zero-order valence-electron chi connectivity index (χ0n) is 23.6. The number of carbonyl (C=O) groups is 3. The number of hydrogen-bond acceptors (Lipinski definition) is 6. The van der Waals surface area contributed by atoms with Gasteiger partial charge in [0, 0.05) is 65.6 Å². The summed E-state index contributed by atoms with van der Waals surface area (Å²) in [5.41, 5.74) is 3.58. The molecule has 2 aromatic carbocycles. The van der Waals surface area contributed by atoms with Crippen LogP contribution >= 0.6 is 11.6 Å². The second-order valence-electron chi connectivity index (χ2n) is 10.8. The number of fused-ring (bicyclic) bond motifs is 2. The van der Waals surface area contributed by atoms with Gasteiger partial charge in [-0.3, -0.25) is 14.5 Å². The van der Waals surface area contributed by atoms with E-state index in [2.05, 4.69) is 20.5 Å². The molecular weight excluding hydrogens is 546 g/mol. The van der Waals surface area contributed by atoms with E-state index in [-0.39, 0.29) is 23.7 Å². The van der Waals surface area contributed by atoms with Crippen molar-refractivity contribution >= 4 is 35.1 Å². The number of aromatic nitrogens is 2. The van der Waals surface area contributed by atoms with Crippen LogP contribution in [0, 0.1) is 0 Å². The summed E-state index contributed by atoms with van der Waals surface area (Å²) in [6, 6.07) is 14.7. The summed E-state index contributed by atoms with van der Waals surface area (Å²) in [6.45, 7) is 3.08. The first-order valence-electron chi connectivity index (χ1n) is 13.3. The number of nitrogens with zero attached hydrogens (tertiary/aromatic N) is 5. The molecule has 4 amide bonds. The molecule has 0 bridgehead atoms. The summed E-state index contributed by atoms with van der Waals surface area (Å²) < 4.78 is 7.59. The molecule has 0 aliphatic carbocycles. The molecule has 0 unspecified atom stereocenters. The number of halogens is 1. The number of carbonyl (C=O) groups excluding carboxylic acids is 3. The lowest BCUT2D eigenvalue weighted by Crippen LogP contribution is -2.63. The van der Waals surface area contributed by atoms with Crippen molar-refractivity contribution in [2.45, 2.75) is 25.2 Å². The monoisotopic (exact) mass is 579 g/mol. The molecule has 2 aliphatic heterocycles. The fourth-order valence-electron chi connectivity index (χ4n) is 5.12. The van der Waals surface area contributed by atoms with Crippen LogP contribution in [0.5, 0.6) is 0 Å². The lowest BCUT2D eigenvalue weighted by atomic mass is 9.88. The van der Waals surface area contributed by atoms with Crippen molar-refractivity contribution in [2.24, 2.45) is 0 Å². The highest BCUT2D eigenvalue weighted by molar-refractivity contribution is 6.30. The predicted octanol–water partition coefficient (Wildman–Crippen LogP) is 3.00. The molecule has 5 rings (SSSR count). The highest BCUT2D eigenvalue weighted by Crippen LogP contribution is 2.43. The zero-order chi connectivity index (χ0) is 29.3. The molecule has 0 saturated carbocycles. The van der Waals surface area contributed by atoms with E-state index < -0.39 is 5.54 Å². The van der Waals surface area contributed by atoms with Crippen LogP contribution < -0.4 is 10.6 Å². The zero-order valence-corrected chi connectivity index (χ0v) is 24.4. The number of benzene rings is 2. The number of amides is 4. The van der Waals surface area contributed by atoms with E-state index in [4.69, 9.17) is 16.3 Å². The average molecular weight is 580 g/mol. The van der Waals surface area contributed by atoms with E-state index in [0.29, 0.717) is 55.8 Å². The summed E-state index contributed by atoms with van der Waals surface area (Å²) in [6.07, 6.45) is 0. The quantitative estimate of drug-likeness (QED) is 0.445. The molecule has 1 aromatic heterocycles. The third-order valence-electron chi connectivity index (χ3n) is 7.49. The summed E-state index contributed by atoms with van der Waals surface area (Å²) >= 11 is 6.68. The number of imidazole rings is 1. The van der Waals surface area contributed by atoms with Gasteiger partial charge < -0.3 is 29.7 Å². The van der Waals surface area contributed by atoms with Gasteiger partial charge in [0.15, 0.2) is 5.15 Å². The molecular formula is C29H34ClN7O4. The molecule has 1 saturated heterocycles. The van der Waals surface area contributed by atoms with Gasteiger partial charge in [-0.15, -0.1) is 0 Å². The molecule has 3 aromatic rings. The third-order valence-corrected chi connectivity index (χ3v) is 7.76. The second kappa shape index (κ2) is 11.5. The number of hydrogen-bond donors (Lipinski definition) is 2. The Bertz CT molecular complexity index is 1450. The summed E-state index contributed by atoms with van der Waals surface area (Å²) in [5, 5.41) is 6.03. The Morgan fingerprint density at radius 1 is 0.951 bits per heavy atom. The largest absolute Gasteiger partial charge is 0.377 e. The first-order valence-corrected chi connectivity index (χ1v) is 13.7. The number of urea groups is 1. The molecule has 2 N–H and O–H groups in total. The van der Waals surface area contributed by atoms with E-state index >= 15 is 0 Å². The van der Waals surface area contributed by atoms with Crippen LogP contribution in [0.3, 0.4) is 0 Å². The van der Waals surface area contributed by atoms with Crippen molar-refractivity contribution in [3.63, 3.8) is 0 Å². The first kappa shape index (κ1) is 28.6. The van der Waals surface area contributed by atoms with E-state index in [1.165, 1.54) is 4.90 Å². The minimum Gasteiger partial charge on any atom is -0.377 e. The van der Waals surface area contributed by atoms with E-state index in [0.717, 1.165) is 16.8 Å². The van der Waals surface area contributed by atoms with E-state index in [9.17, 15) is 14.4 Å². The maximum atomic E-state index is 13.2. The van der Waals surface area contributed by atoms with E-state index in [1.54, 1.807) is 45.2 Å². The Morgan fingerprint density at radius 3 is 2.20 bits per heavy atom. The number of nitrogens with one attached hydrogen (secondary N) is 2. The van der Waals surface area contributed by atoms with Crippen molar-refractivity contribution in [2.75, 3.05) is 53.3 Å². The highest BCUT2D eigenvalue weighted by Gasteiger charge is 2.52.